The van der Waals surface area contributed by atoms with Gasteiger partial charge in [0.2, 0.25) is 10.0 Å². The van der Waals surface area contributed by atoms with Crippen molar-refractivity contribution in [2.75, 3.05) is 18.8 Å². The monoisotopic (exact) mass is 304 g/mol. The van der Waals surface area contributed by atoms with Crippen LogP contribution in [-0.4, -0.2) is 43.8 Å². The molecule has 0 saturated heterocycles. The number of nitrogens with zero attached hydrogens (tertiary/aromatic N) is 1. The van der Waals surface area contributed by atoms with Crippen molar-refractivity contribution in [1.82, 2.24) is 4.31 Å². The molecule has 4 nitrogen and oxygen atoms in total. The highest BCUT2D eigenvalue weighted by Gasteiger charge is 2.31. The Hall–Kier alpha value is -0.340. The third-order valence-electron chi connectivity index (χ3n) is 2.92. The summed E-state index contributed by atoms with van der Waals surface area (Å²) in [5.41, 5.74) is 5.39. The van der Waals surface area contributed by atoms with Crippen LogP contribution in [0.4, 0.5) is 13.2 Å². The number of sulfonamides is 1. The van der Waals surface area contributed by atoms with Crippen molar-refractivity contribution in [2.24, 2.45) is 5.73 Å². The molecule has 0 aliphatic heterocycles. The fourth-order valence-electron chi connectivity index (χ4n) is 1.94. The zero-order chi connectivity index (χ0) is 15.1. The molecule has 0 saturated carbocycles. The van der Waals surface area contributed by atoms with E-state index >= 15 is 0 Å². The predicted octanol–water partition coefficient (Wildman–Crippen LogP) is 2.11. The number of nitrogens with two attached hydrogens (primary N) is 1. The van der Waals surface area contributed by atoms with Gasteiger partial charge in [0.1, 0.15) is 0 Å². The van der Waals surface area contributed by atoms with Gasteiger partial charge in [-0.15, -0.1) is 0 Å². The first-order valence-corrected chi connectivity index (χ1v) is 8.05. The van der Waals surface area contributed by atoms with Gasteiger partial charge >= 0.3 is 6.18 Å². The van der Waals surface area contributed by atoms with Crippen LogP contribution in [-0.2, 0) is 10.0 Å². The first-order valence-electron chi connectivity index (χ1n) is 6.44. The Labute approximate surface area is 113 Å². The molecule has 116 valence electrons. The number of hydrogen-bond donors (Lipinski definition) is 1. The zero-order valence-corrected chi connectivity index (χ0v) is 12.2. The van der Waals surface area contributed by atoms with Crippen molar-refractivity contribution in [3.63, 3.8) is 0 Å². The third-order valence-corrected chi connectivity index (χ3v) is 4.92. The summed E-state index contributed by atoms with van der Waals surface area (Å²) in [6.07, 6.45) is -4.56. The largest absolute Gasteiger partial charge is 0.389 e. The van der Waals surface area contributed by atoms with E-state index in [0.717, 1.165) is 0 Å². The molecule has 0 unspecified atom stereocenters. The second kappa shape index (κ2) is 8.06. The van der Waals surface area contributed by atoms with Gasteiger partial charge in [-0.1, -0.05) is 13.8 Å². The third kappa shape index (κ3) is 7.12. The van der Waals surface area contributed by atoms with E-state index in [-0.39, 0.29) is 19.1 Å². The fourth-order valence-corrected chi connectivity index (χ4v) is 3.82. The molecule has 0 aromatic heterocycles. The van der Waals surface area contributed by atoms with Gasteiger partial charge in [-0.25, -0.2) is 8.42 Å². The smallest absolute Gasteiger partial charge is 0.329 e. The van der Waals surface area contributed by atoms with E-state index in [1.807, 2.05) is 13.8 Å². The van der Waals surface area contributed by atoms with Gasteiger partial charge in [0.25, 0.3) is 0 Å². The van der Waals surface area contributed by atoms with Gasteiger partial charge < -0.3 is 5.73 Å². The molecule has 0 atom stereocenters. The molecule has 2 N–H and O–H groups in total. The summed E-state index contributed by atoms with van der Waals surface area (Å²) in [6, 6.07) is -0.195. The fraction of sp³-hybridized carbons (Fsp3) is 1.00. The van der Waals surface area contributed by atoms with Crippen molar-refractivity contribution in [3.05, 3.63) is 0 Å². The average molecular weight is 304 g/mol. The number of alkyl halides is 3. The van der Waals surface area contributed by atoms with Crippen molar-refractivity contribution in [3.8, 4) is 0 Å². The second-order valence-corrected chi connectivity index (χ2v) is 6.45. The standard InChI is InChI=1S/C11H23F3N2O2S/c1-3-10(4-2)16(8-7-15)19(17,18)9-5-6-11(12,13)14/h10H,3-9,15H2,1-2H3. The molecule has 0 amide bonds. The lowest BCUT2D eigenvalue weighted by Gasteiger charge is -2.29. The molecule has 0 aromatic rings. The predicted molar refractivity (Wildman–Crippen MR) is 69.2 cm³/mol. The highest BCUT2D eigenvalue weighted by molar-refractivity contribution is 7.89. The van der Waals surface area contributed by atoms with Crippen molar-refractivity contribution in [2.45, 2.75) is 51.7 Å². The maximum Gasteiger partial charge on any atom is 0.389 e. The van der Waals surface area contributed by atoms with Crippen molar-refractivity contribution < 1.29 is 21.6 Å². The Kier molecular flexibility index (Phi) is 7.92. The summed E-state index contributed by atoms with van der Waals surface area (Å²) in [5.74, 6) is -0.483. The van der Waals surface area contributed by atoms with E-state index in [0.29, 0.717) is 12.8 Å². The molecular weight excluding hydrogens is 281 g/mol. The molecular formula is C11H23F3N2O2S. The van der Waals surface area contributed by atoms with E-state index in [1.165, 1.54) is 4.31 Å². The van der Waals surface area contributed by atoms with E-state index < -0.39 is 34.8 Å². The Bertz CT molecular complexity index is 340. The van der Waals surface area contributed by atoms with E-state index in [9.17, 15) is 21.6 Å². The Morgan fingerprint density at radius 1 is 1.21 bits per heavy atom. The lowest BCUT2D eigenvalue weighted by Crippen LogP contribution is -2.43. The minimum Gasteiger partial charge on any atom is -0.329 e. The van der Waals surface area contributed by atoms with Gasteiger partial charge in [-0.2, -0.15) is 17.5 Å². The molecule has 0 heterocycles. The molecule has 0 aliphatic carbocycles. The Morgan fingerprint density at radius 3 is 2.11 bits per heavy atom. The van der Waals surface area contributed by atoms with Crippen LogP contribution >= 0.6 is 0 Å². The summed E-state index contributed by atoms with van der Waals surface area (Å²) >= 11 is 0. The summed E-state index contributed by atoms with van der Waals surface area (Å²) in [5, 5.41) is 0. The minimum atomic E-state index is -4.32. The first-order chi connectivity index (χ1) is 8.68. The van der Waals surface area contributed by atoms with Crippen molar-refractivity contribution >= 4 is 10.0 Å². The maximum atomic E-state index is 12.1. The van der Waals surface area contributed by atoms with Crippen LogP contribution in [0.3, 0.4) is 0 Å². The van der Waals surface area contributed by atoms with E-state index in [1.54, 1.807) is 0 Å². The van der Waals surface area contributed by atoms with Gasteiger partial charge in [0, 0.05) is 25.6 Å². The summed E-state index contributed by atoms with van der Waals surface area (Å²) in [7, 11) is -3.68. The van der Waals surface area contributed by atoms with Gasteiger partial charge in [-0.3, -0.25) is 0 Å². The Balaban J connectivity index is 4.70. The van der Waals surface area contributed by atoms with Crippen LogP contribution in [0.25, 0.3) is 0 Å². The lowest BCUT2D eigenvalue weighted by molar-refractivity contribution is -0.134. The number of halogens is 3. The molecule has 0 spiro atoms. The van der Waals surface area contributed by atoms with Gasteiger partial charge in [0.15, 0.2) is 0 Å². The van der Waals surface area contributed by atoms with Gasteiger partial charge in [-0.05, 0) is 19.3 Å². The summed E-state index contributed by atoms with van der Waals surface area (Å²) < 4.78 is 61.5. The minimum absolute atomic E-state index is 0.153. The van der Waals surface area contributed by atoms with Crippen LogP contribution in [0.1, 0.15) is 39.5 Å². The zero-order valence-electron chi connectivity index (χ0n) is 11.4. The van der Waals surface area contributed by atoms with Crippen LogP contribution in [0.15, 0.2) is 0 Å². The van der Waals surface area contributed by atoms with E-state index in [2.05, 4.69) is 0 Å². The van der Waals surface area contributed by atoms with Crippen LogP contribution in [0, 0.1) is 0 Å². The van der Waals surface area contributed by atoms with E-state index in [4.69, 9.17) is 5.73 Å². The molecule has 8 heteroatoms. The molecule has 0 bridgehead atoms. The summed E-state index contributed by atoms with van der Waals surface area (Å²) in [4.78, 5) is 0. The molecule has 0 fully saturated rings. The second-order valence-electron chi connectivity index (χ2n) is 4.40. The van der Waals surface area contributed by atoms with Crippen LogP contribution in [0.5, 0.6) is 0 Å². The van der Waals surface area contributed by atoms with Gasteiger partial charge in [0.05, 0.1) is 5.75 Å². The molecule has 0 rings (SSSR count). The highest BCUT2D eigenvalue weighted by atomic mass is 32.2. The molecule has 0 radical (unpaired) electrons. The molecule has 19 heavy (non-hydrogen) atoms. The normalized spacial score (nSPS) is 13.5. The SMILES string of the molecule is CCC(CC)N(CCN)S(=O)(=O)CCCC(F)(F)F. The highest BCUT2D eigenvalue weighted by Crippen LogP contribution is 2.23. The Morgan fingerprint density at radius 2 is 1.74 bits per heavy atom. The number of hydrogen-bond acceptors (Lipinski definition) is 3. The quantitative estimate of drug-likeness (QED) is 0.709. The van der Waals surface area contributed by atoms with Crippen molar-refractivity contribution in [1.29, 1.82) is 0 Å². The molecule has 0 aromatic carbocycles. The first kappa shape index (κ1) is 18.7. The maximum absolute atomic E-state index is 12.1. The summed E-state index contributed by atoms with van der Waals surface area (Å²) in [6.45, 7) is 4.02. The average Bonchev–Trinajstić information content (AvgIpc) is 2.27. The van der Waals surface area contributed by atoms with Crippen LogP contribution < -0.4 is 5.73 Å². The topological polar surface area (TPSA) is 63.4 Å². The number of rotatable bonds is 9. The van der Waals surface area contributed by atoms with Crippen LogP contribution in [0.2, 0.25) is 0 Å². The lowest BCUT2D eigenvalue weighted by atomic mass is 10.2. The molecule has 0 aliphatic rings.